The number of hydrogen-bond donors (Lipinski definition) is 2. The van der Waals surface area contributed by atoms with Crippen molar-refractivity contribution < 1.29 is 19.1 Å². The molecule has 0 aromatic heterocycles. The lowest BCUT2D eigenvalue weighted by atomic mass is 9.87. The summed E-state index contributed by atoms with van der Waals surface area (Å²) in [7, 11) is 3.05. The summed E-state index contributed by atoms with van der Waals surface area (Å²) in [4.78, 5) is 25.2. The predicted octanol–water partition coefficient (Wildman–Crippen LogP) is 5.51. The standard InChI is InChI=1S/C26H28N2O4/c1-26(2,3)18-8-6-17(7-9-18)24(29)27-19-10-12-20(13-11-19)28-25(30)22-15-14-21(31-4)16-23(22)32-5/h6-16H,1-5H3,(H,27,29)(H,28,30). The van der Waals surface area contributed by atoms with Gasteiger partial charge < -0.3 is 20.1 Å². The van der Waals surface area contributed by atoms with Crippen molar-refractivity contribution in [2.45, 2.75) is 26.2 Å². The third-order valence-corrected chi connectivity index (χ3v) is 5.07. The average molecular weight is 433 g/mol. The Hall–Kier alpha value is -3.80. The fraction of sp³-hybridized carbons (Fsp3) is 0.231. The van der Waals surface area contributed by atoms with Crippen molar-refractivity contribution in [1.29, 1.82) is 0 Å². The molecule has 2 N–H and O–H groups in total. The minimum atomic E-state index is -0.305. The van der Waals surface area contributed by atoms with Crippen LogP contribution in [0.4, 0.5) is 11.4 Å². The minimum Gasteiger partial charge on any atom is -0.497 e. The first-order valence-electron chi connectivity index (χ1n) is 10.3. The van der Waals surface area contributed by atoms with Crippen molar-refractivity contribution in [1.82, 2.24) is 0 Å². The van der Waals surface area contributed by atoms with E-state index in [1.165, 1.54) is 12.7 Å². The summed E-state index contributed by atoms with van der Waals surface area (Å²) in [5.74, 6) is 0.528. The van der Waals surface area contributed by atoms with E-state index in [0.29, 0.717) is 34.0 Å². The summed E-state index contributed by atoms with van der Waals surface area (Å²) < 4.78 is 10.4. The molecule has 0 bridgehead atoms. The molecule has 3 aromatic rings. The number of benzene rings is 3. The molecular weight excluding hydrogens is 404 g/mol. The van der Waals surface area contributed by atoms with E-state index in [0.717, 1.165) is 0 Å². The van der Waals surface area contributed by atoms with Gasteiger partial charge in [0.05, 0.1) is 19.8 Å². The average Bonchev–Trinajstić information content (AvgIpc) is 2.79. The first-order valence-corrected chi connectivity index (χ1v) is 10.3. The third-order valence-electron chi connectivity index (χ3n) is 5.07. The van der Waals surface area contributed by atoms with Gasteiger partial charge in [0.2, 0.25) is 0 Å². The van der Waals surface area contributed by atoms with Gasteiger partial charge >= 0.3 is 0 Å². The van der Waals surface area contributed by atoms with Gasteiger partial charge in [-0.15, -0.1) is 0 Å². The van der Waals surface area contributed by atoms with Gasteiger partial charge in [-0.3, -0.25) is 9.59 Å². The topological polar surface area (TPSA) is 76.7 Å². The first-order chi connectivity index (χ1) is 15.2. The van der Waals surface area contributed by atoms with E-state index in [-0.39, 0.29) is 17.2 Å². The summed E-state index contributed by atoms with van der Waals surface area (Å²) in [6.07, 6.45) is 0. The summed E-state index contributed by atoms with van der Waals surface area (Å²) >= 11 is 0. The molecule has 2 amide bonds. The maximum Gasteiger partial charge on any atom is 0.259 e. The second-order valence-corrected chi connectivity index (χ2v) is 8.38. The van der Waals surface area contributed by atoms with Crippen LogP contribution in [0.1, 0.15) is 47.1 Å². The Morgan fingerprint density at radius 1 is 0.719 bits per heavy atom. The molecule has 0 radical (unpaired) electrons. The number of hydrogen-bond acceptors (Lipinski definition) is 4. The van der Waals surface area contributed by atoms with Gasteiger partial charge in [-0.25, -0.2) is 0 Å². The normalized spacial score (nSPS) is 10.9. The molecule has 0 heterocycles. The van der Waals surface area contributed by atoms with E-state index >= 15 is 0 Å². The van der Waals surface area contributed by atoms with Crippen LogP contribution in [-0.4, -0.2) is 26.0 Å². The van der Waals surface area contributed by atoms with Gasteiger partial charge in [0.25, 0.3) is 11.8 Å². The summed E-state index contributed by atoms with van der Waals surface area (Å²) in [5, 5.41) is 5.70. The number of ether oxygens (including phenoxy) is 2. The number of rotatable bonds is 6. The maximum absolute atomic E-state index is 12.6. The quantitative estimate of drug-likeness (QED) is 0.539. The molecule has 6 nitrogen and oxygen atoms in total. The second kappa shape index (κ2) is 9.56. The van der Waals surface area contributed by atoms with Gasteiger partial charge in [0.1, 0.15) is 11.5 Å². The van der Waals surface area contributed by atoms with Crippen LogP contribution >= 0.6 is 0 Å². The van der Waals surface area contributed by atoms with Crippen LogP contribution in [0.3, 0.4) is 0 Å². The molecular formula is C26H28N2O4. The van der Waals surface area contributed by atoms with Crippen LogP contribution in [0.25, 0.3) is 0 Å². The van der Waals surface area contributed by atoms with Gasteiger partial charge in [0, 0.05) is 23.0 Å². The Kier molecular flexibility index (Phi) is 6.83. The fourth-order valence-corrected chi connectivity index (χ4v) is 3.15. The zero-order valence-electron chi connectivity index (χ0n) is 19.0. The highest BCUT2D eigenvalue weighted by Crippen LogP contribution is 2.26. The molecule has 0 saturated heterocycles. The first kappa shape index (κ1) is 22.9. The Labute approximate surface area is 188 Å². The van der Waals surface area contributed by atoms with Crippen molar-refractivity contribution >= 4 is 23.2 Å². The molecule has 6 heteroatoms. The fourth-order valence-electron chi connectivity index (χ4n) is 3.15. The summed E-state index contributed by atoms with van der Waals surface area (Å²) in [6, 6.07) is 19.5. The molecule has 0 spiro atoms. The Bertz CT molecular complexity index is 1100. The summed E-state index contributed by atoms with van der Waals surface area (Å²) in [6.45, 7) is 6.40. The number of carbonyl (C=O) groups is 2. The van der Waals surface area contributed by atoms with Crippen LogP contribution in [-0.2, 0) is 5.41 Å². The van der Waals surface area contributed by atoms with Crippen molar-refractivity contribution in [2.24, 2.45) is 0 Å². The number of methoxy groups -OCH3 is 2. The molecule has 0 fully saturated rings. The van der Waals surface area contributed by atoms with E-state index in [2.05, 4.69) is 31.4 Å². The van der Waals surface area contributed by atoms with Gasteiger partial charge in [0.15, 0.2) is 0 Å². The number of carbonyl (C=O) groups excluding carboxylic acids is 2. The van der Waals surface area contributed by atoms with Crippen molar-refractivity contribution in [3.05, 3.63) is 83.4 Å². The number of anilines is 2. The van der Waals surface area contributed by atoms with E-state index in [4.69, 9.17) is 9.47 Å². The van der Waals surface area contributed by atoms with Crippen LogP contribution in [0.15, 0.2) is 66.7 Å². The molecule has 32 heavy (non-hydrogen) atoms. The van der Waals surface area contributed by atoms with E-state index in [9.17, 15) is 9.59 Å². The summed E-state index contributed by atoms with van der Waals surface area (Å²) in [5.41, 5.74) is 3.41. The minimum absolute atomic E-state index is 0.0328. The van der Waals surface area contributed by atoms with E-state index < -0.39 is 0 Å². The molecule has 0 unspecified atom stereocenters. The molecule has 0 aliphatic rings. The molecule has 166 valence electrons. The van der Waals surface area contributed by atoms with E-state index in [1.54, 1.807) is 49.6 Å². The van der Waals surface area contributed by atoms with Crippen molar-refractivity contribution in [3.63, 3.8) is 0 Å². The lowest BCUT2D eigenvalue weighted by molar-refractivity contribution is 0.101. The highest BCUT2D eigenvalue weighted by Gasteiger charge is 2.15. The Morgan fingerprint density at radius 3 is 1.78 bits per heavy atom. The zero-order valence-corrected chi connectivity index (χ0v) is 19.0. The van der Waals surface area contributed by atoms with Gasteiger partial charge in [-0.1, -0.05) is 32.9 Å². The monoisotopic (exact) mass is 432 g/mol. The third kappa shape index (κ3) is 5.46. The molecule has 0 atom stereocenters. The zero-order chi connectivity index (χ0) is 23.3. The van der Waals surface area contributed by atoms with Crippen LogP contribution < -0.4 is 20.1 Å². The lowest BCUT2D eigenvalue weighted by Gasteiger charge is -2.19. The molecule has 3 aromatic carbocycles. The molecule has 0 aliphatic carbocycles. The van der Waals surface area contributed by atoms with Crippen LogP contribution in [0.2, 0.25) is 0 Å². The Balaban J connectivity index is 1.65. The van der Waals surface area contributed by atoms with Crippen LogP contribution in [0.5, 0.6) is 11.5 Å². The lowest BCUT2D eigenvalue weighted by Crippen LogP contribution is -2.15. The molecule has 3 rings (SSSR count). The highest BCUT2D eigenvalue weighted by molar-refractivity contribution is 6.07. The SMILES string of the molecule is COc1ccc(C(=O)Nc2ccc(NC(=O)c3ccc(C(C)(C)C)cc3)cc2)c(OC)c1. The van der Waals surface area contributed by atoms with Gasteiger partial charge in [-0.2, -0.15) is 0 Å². The predicted molar refractivity (Wildman–Crippen MR) is 127 cm³/mol. The Morgan fingerprint density at radius 2 is 1.28 bits per heavy atom. The maximum atomic E-state index is 12.6. The molecule has 0 aliphatic heterocycles. The number of nitrogens with one attached hydrogen (secondary N) is 2. The highest BCUT2D eigenvalue weighted by atomic mass is 16.5. The van der Waals surface area contributed by atoms with Crippen LogP contribution in [0, 0.1) is 0 Å². The van der Waals surface area contributed by atoms with Crippen molar-refractivity contribution in [2.75, 3.05) is 24.9 Å². The largest absolute Gasteiger partial charge is 0.497 e. The van der Waals surface area contributed by atoms with Crippen molar-refractivity contribution in [3.8, 4) is 11.5 Å². The number of amides is 2. The second-order valence-electron chi connectivity index (χ2n) is 8.38. The molecule has 0 saturated carbocycles. The van der Waals surface area contributed by atoms with Gasteiger partial charge in [-0.05, 0) is 59.5 Å². The smallest absolute Gasteiger partial charge is 0.259 e. The van der Waals surface area contributed by atoms with E-state index in [1.807, 2.05) is 24.3 Å².